The molecule has 4 heteroatoms. The highest BCUT2D eigenvalue weighted by molar-refractivity contribution is 5.99. The molecular weight excluding hydrogens is 216 g/mol. The second-order valence-electron chi connectivity index (χ2n) is 4.64. The van der Waals surface area contributed by atoms with Gasteiger partial charge in [-0.25, -0.2) is 0 Å². The first-order chi connectivity index (χ1) is 7.99. The average molecular weight is 234 g/mol. The van der Waals surface area contributed by atoms with Crippen LogP contribution >= 0.6 is 0 Å². The quantitative estimate of drug-likeness (QED) is 0.839. The smallest absolute Gasteiger partial charge is 0.267 e. The second-order valence-corrected chi connectivity index (χ2v) is 4.64. The first-order valence-corrected chi connectivity index (χ1v) is 5.81. The number of carbonyl (C=O) groups is 1. The van der Waals surface area contributed by atoms with Crippen LogP contribution in [0.1, 0.15) is 19.4 Å². The van der Waals surface area contributed by atoms with E-state index in [9.17, 15) is 4.79 Å². The molecule has 1 aromatic rings. The fourth-order valence-electron chi connectivity index (χ4n) is 2.06. The summed E-state index contributed by atoms with van der Waals surface area (Å²) in [5.41, 5.74) is 7.73. The highest BCUT2D eigenvalue weighted by atomic mass is 16.5. The first-order valence-electron chi connectivity index (χ1n) is 5.81. The molecule has 0 spiro atoms. The van der Waals surface area contributed by atoms with Gasteiger partial charge in [-0.1, -0.05) is 6.07 Å². The zero-order chi connectivity index (χ0) is 12.6. The van der Waals surface area contributed by atoms with E-state index in [4.69, 9.17) is 10.5 Å². The Bertz CT molecular complexity index is 443. The minimum Gasteiger partial charge on any atom is -0.479 e. The predicted molar refractivity (Wildman–Crippen MR) is 67.3 cm³/mol. The van der Waals surface area contributed by atoms with Crippen molar-refractivity contribution >= 4 is 11.6 Å². The summed E-state index contributed by atoms with van der Waals surface area (Å²) in [4.78, 5) is 13.4. The van der Waals surface area contributed by atoms with E-state index in [2.05, 4.69) is 0 Å². The summed E-state index contributed by atoms with van der Waals surface area (Å²) in [5.74, 6) is 0.746. The van der Waals surface area contributed by atoms with Crippen molar-refractivity contribution in [2.24, 2.45) is 5.73 Å². The van der Waals surface area contributed by atoms with E-state index >= 15 is 0 Å². The van der Waals surface area contributed by atoms with Gasteiger partial charge >= 0.3 is 0 Å². The molecule has 1 amide bonds. The summed E-state index contributed by atoms with van der Waals surface area (Å²) >= 11 is 0. The average Bonchev–Trinajstić information content (AvgIpc) is 2.25. The molecule has 2 atom stereocenters. The SMILES string of the molecule is CC(N)Cc1ccc2c(c1)OC(C)C(=O)N2C. The monoisotopic (exact) mass is 234 g/mol. The van der Waals surface area contributed by atoms with Crippen molar-refractivity contribution in [3.05, 3.63) is 23.8 Å². The molecule has 2 N–H and O–H groups in total. The zero-order valence-electron chi connectivity index (χ0n) is 10.4. The number of hydrogen-bond acceptors (Lipinski definition) is 3. The number of fused-ring (bicyclic) bond motifs is 1. The fraction of sp³-hybridized carbons (Fsp3) is 0.462. The summed E-state index contributed by atoms with van der Waals surface area (Å²) in [5, 5.41) is 0. The lowest BCUT2D eigenvalue weighted by Crippen LogP contribution is -2.42. The van der Waals surface area contributed by atoms with E-state index in [1.54, 1.807) is 18.9 Å². The van der Waals surface area contributed by atoms with Crippen molar-refractivity contribution in [3.63, 3.8) is 0 Å². The standard InChI is InChI=1S/C13H18N2O2/c1-8(14)6-10-4-5-11-12(7-10)17-9(2)13(16)15(11)3/h4-5,7-9H,6,14H2,1-3H3. The van der Waals surface area contributed by atoms with Gasteiger partial charge in [0.25, 0.3) is 5.91 Å². The van der Waals surface area contributed by atoms with E-state index in [-0.39, 0.29) is 11.9 Å². The molecule has 0 saturated heterocycles. The van der Waals surface area contributed by atoms with E-state index in [0.29, 0.717) is 0 Å². The lowest BCUT2D eigenvalue weighted by atomic mass is 10.1. The maximum absolute atomic E-state index is 11.7. The lowest BCUT2D eigenvalue weighted by Gasteiger charge is -2.30. The number of nitrogens with two attached hydrogens (primary N) is 1. The number of ether oxygens (including phenoxy) is 1. The Morgan fingerprint density at radius 1 is 1.53 bits per heavy atom. The van der Waals surface area contributed by atoms with Gasteiger partial charge in [-0.15, -0.1) is 0 Å². The highest BCUT2D eigenvalue weighted by Gasteiger charge is 2.28. The summed E-state index contributed by atoms with van der Waals surface area (Å²) in [6.45, 7) is 3.73. The van der Waals surface area contributed by atoms with Gasteiger partial charge in [0.05, 0.1) is 5.69 Å². The van der Waals surface area contributed by atoms with E-state index < -0.39 is 6.10 Å². The van der Waals surface area contributed by atoms with Gasteiger partial charge < -0.3 is 15.4 Å². The molecule has 0 fully saturated rings. The lowest BCUT2D eigenvalue weighted by molar-refractivity contribution is -0.125. The molecule has 1 heterocycles. The Hall–Kier alpha value is -1.55. The molecular formula is C13H18N2O2. The third-order valence-corrected chi connectivity index (χ3v) is 2.93. The van der Waals surface area contributed by atoms with Gasteiger partial charge in [0.1, 0.15) is 5.75 Å². The molecule has 17 heavy (non-hydrogen) atoms. The van der Waals surface area contributed by atoms with E-state index in [0.717, 1.165) is 23.4 Å². The third kappa shape index (κ3) is 2.26. The van der Waals surface area contributed by atoms with Crippen LogP contribution in [-0.2, 0) is 11.2 Å². The molecule has 0 saturated carbocycles. The van der Waals surface area contributed by atoms with Gasteiger partial charge in [-0.3, -0.25) is 4.79 Å². The second kappa shape index (κ2) is 4.37. The Morgan fingerprint density at radius 3 is 2.88 bits per heavy atom. The summed E-state index contributed by atoms with van der Waals surface area (Å²) in [6, 6.07) is 5.99. The molecule has 92 valence electrons. The molecule has 1 aliphatic rings. The Kier molecular flexibility index (Phi) is 3.07. The summed E-state index contributed by atoms with van der Waals surface area (Å²) in [6.07, 6.45) is 0.390. The largest absolute Gasteiger partial charge is 0.479 e. The van der Waals surface area contributed by atoms with E-state index in [1.165, 1.54) is 0 Å². The predicted octanol–water partition coefficient (Wildman–Crippen LogP) is 1.32. The van der Waals surface area contributed by atoms with Gasteiger partial charge in [0.2, 0.25) is 0 Å². The van der Waals surface area contributed by atoms with Crippen LogP contribution in [0.25, 0.3) is 0 Å². The zero-order valence-corrected chi connectivity index (χ0v) is 10.4. The maximum Gasteiger partial charge on any atom is 0.267 e. The number of hydrogen-bond donors (Lipinski definition) is 1. The normalized spacial score (nSPS) is 20.8. The topological polar surface area (TPSA) is 55.6 Å². The van der Waals surface area contributed by atoms with Gasteiger partial charge in [0.15, 0.2) is 6.10 Å². The molecule has 0 aromatic heterocycles. The molecule has 1 aliphatic heterocycles. The number of amides is 1. The Labute approximate surface area is 101 Å². The summed E-state index contributed by atoms with van der Waals surface area (Å²) < 4.78 is 5.60. The third-order valence-electron chi connectivity index (χ3n) is 2.93. The van der Waals surface area contributed by atoms with Gasteiger partial charge in [-0.2, -0.15) is 0 Å². The van der Waals surface area contributed by atoms with Crippen LogP contribution in [0.5, 0.6) is 5.75 Å². The Balaban J connectivity index is 2.33. The summed E-state index contributed by atoms with van der Waals surface area (Å²) in [7, 11) is 1.77. The fourth-order valence-corrected chi connectivity index (χ4v) is 2.06. The van der Waals surface area contributed by atoms with E-state index in [1.807, 2.05) is 25.1 Å². The first kappa shape index (κ1) is 11.9. The van der Waals surface area contributed by atoms with Crippen molar-refractivity contribution in [1.29, 1.82) is 0 Å². The van der Waals surface area contributed by atoms with Crippen LogP contribution in [0.3, 0.4) is 0 Å². The number of anilines is 1. The maximum atomic E-state index is 11.7. The number of nitrogens with zero attached hydrogens (tertiary/aromatic N) is 1. The van der Waals surface area contributed by atoms with Crippen LogP contribution < -0.4 is 15.4 Å². The number of benzene rings is 1. The molecule has 4 nitrogen and oxygen atoms in total. The van der Waals surface area contributed by atoms with Crippen molar-refractivity contribution in [2.75, 3.05) is 11.9 Å². The Morgan fingerprint density at radius 2 is 2.24 bits per heavy atom. The minimum absolute atomic E-state index is 0.0163. The van der Waals surface area contributed by atoms with Crippen LogP contribution in [0.2, 0.25) is 0 Å². The van der Waals surface area contributed by atoms with Crippen molar-refractivity contribution < 1.29 is 9.53 Å². The van der Waals surface area contributed by atoms with Crippen LogP contribution in [0.4, 0.5) is 5.69 Å². The number of likely N-dealkylation sites (N-methyl/N-ethyl adjacent to an activating group) is 1. The molecule has 0 radical (unpaired) electrons. The minimum atomic E-state index is -0.418. The molecule has 0 aliphatic carbocycles. The highest BCUT2D eigenvalue weighted by Crippen LogP contribution is 2.34. The van der Waals surface area contributed by atoms with Crippen molar-refractivity contribution in [3.8, 4) is 5.75 Å². The molecule has 2 rings (SSSR count). The molecule has 2 unspecified atom stereocenters. The molecule has 0 bridgehead atoms. The van der Waals surface area contributed by atoms with Gasteiger partial charge in [-0.05, 0) is 38.0 Å². The number of rotatable bonds is 2. The number of carbonyl (C=O) groups excluding carboxylic acids is 1. The molecule has 1 aromatic carbocycles. The van der Waals surface area contributed by atoms with Crippen LogP contribution in [0.15, 0.2) is 18.2 Å². The van der Waals surface area contributed by atoms with Crippen molar-refractivity contribution in [2.45, 2.75) is 32.4 Å². The van der Waals surface area contributed by atoms with Crippen LogP contribution in [-0.4, -0.2) is 25.1 Å². The van der Waals surface area contributed by atoms with Gasteiger partial charge in [0, 0.05) is 13.1 Å². The van der Waals surface area contributed by atoms with Crippen molar-refractivity contribution in [1.82, 2.24) is 0 Å². The van der Waals surface area contributed by atoms with Crippen LogP contribution in [0, 0.1) is 0 Å².